The molecule has 0 radical (unpaired) electrons. The average Bonchev–Trinajstić information content (AvgIpc) is 2.96. The Labute approximate surface area is 125 Å². The van der Waals surface area contributed by atoms with Crippen LogP contribution in [0.3, 0.4) is 0 Å². The van der Waals surface area contributed by atoms with Crippen molar-refractivity contribution < 1.29 is 18.3 Å². The Morgan fingerprint density at radius 1 is 1.24 bits per heavy atom. The molecule has 0 saturated carbocycles. The minimum Gasteiger partial charge on any atom is -0.392 e. The van der Waals surface area contributed by atoms with Crippen molar-refractivity contribution in [2.45, 2.75) is 26.3 Å². The monoisotopic (exact) mass is 315 g/mol. The molecule has 21 heavy (non-hydrogen) atoms. The molecule has 1 N–H and O–H groups in total. The van der Waals surface area contributed by atoms with Crippen LogP contribution in [0.15, 0.2) is 35.7 Å². The Bertz CT molecular complexity index is 581. The summed E-state index contributed by atoms with van der Waals surface area (Å²) >= 11 is 1.57. The van der Waals surface area contributed by atoms with Gasteiger partial charge in [-0.3, -0.25) is 0 Å². The second kappa shape index (κ2) is 6.49. The third kappa shape index (κ3) is 3.77. The molecular weight excluding hydrogens is 299 g/mol. The van der Waals surface area contributed by atoms with Crippen molar-refractivity contribution in [1.82, 2.24) is 0 Å². The highest BCUT2D eigenvalue weighted by Crippen LogP contribution is 2.35. The first-order valence-electron chi connectivity index (χ1n) is 6.54. The van der Waals surface area contributed by atoms with Crippen molar-refractivity contribution in [2.75, 3.05) is 11.4 Å². The summed E-state index contributed by atoms with van der Waals surface area (Å²) in [6.07, 6.45) is -4.46. The molecule has 2 nitrogen and oxygen atoms in total. The van der Waals surface area contributed by atoms with E-state index in [4.69, 9.17) is 5.11 Å². The molecule has 0 fully saturated rings. The Morgan fingerprint density at radius 3 is 2.52 bits per heavy atom. The number of rotatable bonds is 5. The summed E-state index contributed by atoms with van der Waals surface area (Å²) in [5.41, 5.74) is -0.360. The van der Waals surface area contributed by atoms with Crippen LogP contribution in [0.2, 0.25) is 0 Å². The van der Waals surface area contributed by atoms with E-state index in [9.17, 15) is 13.2 Å². The van der Waals surface area contributed by atoms with Gasteiger partial charge in [0.05, 0.1) is 18.7 Å². The quantitative estimate of drug-likeness (QED) is 0.890. The maximum atomic E-state index is 13.0. The molecule has 0 aliphatic carbocycles. The van der Waals surface area contributed by atoms with Crippen LogP contribution in [0.4, 0.5) is 18.9 Å². The lowest BCUT2D eigenvalue weighted by molar-refractivity contribution is -0.138. The van der Waals surface area contributed by atoms with Crippen LogP contribution in [0, 0.1) is 0 Å². The summed E-state index contributed by atoms with van der Waals surface area (Å²) in [4.78, 5) is 2.97. The number of hydrogen-bond donors (Lipinski definition) is 1. The SMILES string of the molecule is CCN(Cc1cccs1)c1ccc(CO)c(C(F)(F)F)c1. The van der Waals surface area contributed by atoms with Gasteiger partial charge in [0, 0.05) is 17.1 Å². The van der Waals surface area contributed by atoms with Crippen LogP contribution in [-0.2, 0) is 19.3 Å². The Balaban J connectivity index is 2.33. The van der Waals surface area contributed by atoms with Crippen molar-refractivity contribution in [1.29, 1.82) is 0 Å². The Hall–Kier alpha value is -1.53. The fourth-order valence-electron chi connectivity index (χ4n) is 2.14. The van der Waals surface area contributed by atoms with Gasteiger partial charge in [0.25, 0.3) is 0 Å². The molecule has 1 heterocycles. The van der Waals surface area contributed by atoms with E-state index in [0.717, 1.165) is 10.9 Å². The maximum absolute atomic E-state index is 13.0. The minimum absolute atomic E-state index is 0.0987. The number of aliphatic hydroxyl groups is 1. The van der Waals surface area contributed by atoms with Crippen molar-refractivity contribution in [3.05, 3.63) is 51.7 Å². The lowest BCUT2D eigenvalue weighted by Crippen LogP contribution is -2.22. The number of benzene rings is 1. The third-order valence-electron chi connectivity index (χ3n) is 3.24. The van der Waals surface area contributed by atoms with Crippen molar-refractivity contribution in [3.63, 3.8) is 0 Å². The zero-order chi connectivity index (χ0) is 15.5. The van der Waals surface area contributed by atoms with E-state index in [1.165, 1.54) is 6.07 Å². The van der Waals surface area contributed by atoms with E-state index < -0.39 is 18.3 Å². The lowest BCUT2D eigenvalue weighted by atomic mass is 10.1. The van der Waals surface area contributed by atoms with E-state index in [1.54, 1.807) is 17.4 Å². The van der Waals surface area contributed by atoms with Gasteiger partial charge in [0.15, 0.2) is 0 Å². The molecule has 1 aromatic carbocycles. The zero-order valence-electron chi connectivity index (χ0n) is 11.5. The molecular formula is C15H16F3NOS. The molecule has 6 heteroatoms. The second-order valence-corrected chi connectivity index (χ2v) is 5.62. The predicted molar refractivity (Wildman–Crippen MR) is 78.4 cm³/mol. The summed E-state index contributed by atoms with van der Waals surface area (Å²) in [5.74, 6) is 0. The maximum Gasteiger partial charge on any atom is 0.416 e. The van der Waals surface area contributed by atoms with Crippen LogP contribution in [0.5, 0.6) is 0 Å². The summed E-state index contributed by atoms with van der Waals surface area (Å²) in [5, 5.41) is 11.0. The molecule has 0 unspecified atom stereocenters. The molecule has 0 atom stereocenters. The number of alkyl halides is 3. The molecule has 0 aliphatic rings. The number of halogens is 3. The molecule has 114 valence electrons. The highest BCUT2D eigenvalue weighted by Gasteiger charge is 2.33. The first kappa shape index (κ1) is 15.9. The Morgan fingerprint density at radius 2 is 2.00 bits per heavy atom. The van der Waals surface area contributed by atoms with E-state index >= 15 is 0 Å². The summed E-state index contributed by atoms with van der Waals surface area (Å²) in [6.45, 7) is 2.46. The number of anilines is 1. The van der Waals surface area contributed by atoms with Gasteiger partial charge in [0.2, 0.25) is 0 Å². The van der Waals surface area contributed by atoms with Gasteiger partial charge in [0.1, 0.15) is 0 Å². The minimum atomic E-state index is -4.46. The zero-order valence-corrected chi connectivity index (χ0v) is 12.3. The fourth-order valence-corrected chi connectivity index (χ4v) is 2.86. The van der Waals surface area contributed by atoms with Crippen molar-refractivity contribution >= 4 is 17.0 Å². The van der Waals surface area contributed by atoms with Crippen molar-refractivity contribution in [3.8, 4) is 0 Å². The van der Waals surface area contributed by atoms with E-state index in [-0.39, 0.29) is 5.56 Å². The number of nitrogens with zero attached hydrogens (tertiary/aromatic N) is 1. The van der Waals surface area contributed by atoms with Crippen molar-refractivity contribution in [2.24, 2.45) is 0 Å². The van der Waals surface area contributed by atoms with E-state index in [2.05, 4.69) is 0 Å². The molecule has 0 spiro atoms. The van der Waals surface area contributed by atoms with Crippen LogP contribution in [-0.4, -0.2) is 11.7 Å². The number of thiophene rings is 1. The van der Waals surface area contributed by atoms with Gasteiger partial charge >= 0.3 is 6.18 Å². The van der Waals surface area contributed by atoms with Gasteiger partial charge < -0.3 is 10.0 Å². The van der Waals surface area contributed by atoms with Gasteiger partial charge in [-0.15, -0.1) is 11.3 Å². The number of aliphatic hydroxyl groups excluding tert-OH is 1. The topological polar surface area (TPSA) is 23.5 Å². The summed E-state index contributed by atoms with van der Waals surface area (Å²) in [6, 6.07) is 7.96. The summed E-state index contributed by atoms with van der Waals surface area (Å²) < 4.78 is 39.1. The van der Waals surface area contributed by atoms with E-state index in [0.29, 0.717) is 18.8 Å². The molecule has 1 aromatic heterocycles. The molecule has 0 aliphatic heterocycles. The molecule has 0 bridgehead atoms. The van der Waals surface area contributed by atoms with Gasteiger partial charge in [-0.1, -0.05) is 12.1 Å². The van der Waals surface area contributed by atoms with Gasteiger partial charge in [-0.2, -0.15) is 13.2 Å². The van der Waals surface area contributed by atoms with Gasteiger partial charge in [-0.25, -0.2) is 0 Å². The standard InChI is InChI=1S/C15H16F3NOS/c1-2-19(9-13-4-3-7-21-13)12-6-5-11(10-20)14(8-12)15(16,17)18/h3-8,20H,2,9-10H2,1H3. The normalized spacial score (nSPS) is 11.7. The third-order valence-corrected chi connectivity index (χ3v) is 4.10. The molecule has 0 saturated heterocycles. The van der Waals surface area contributed by atoms with Crippen LogP contribution in [0.25, 0.3) is 0 Å². The lowest BCUT2D eigenvalue weighted by Gasteiger charge is -2.24. The number of hydrogen-bond acceptors (Lipinski definition) is 3. The average molecular weight is 315 g/mol. The highest BCUT2D eigenvalue weighted by molar-refractivity contribution is 7.09. The van der Waals surface area contributed by atoms with Crippen LogP contribution < -0.4 is 4.90 Å². The first-order chi connectivity index (χ1) is 9.95. The predicted octanol–water partition coefficient (Wildman–Crippen LogP) is 4.29. The molecule has 2 rings (SSSR count). The highest BCUT2D eigenvalue weighted by atomic mass is 32.1. The summed E-state index contributed by atoms with van der Waals surface area (Å²) in [7, 11) is 0. The van der Waals surface area contributed by atoms with Crippen LogP contribution >= 0.6 is 11.3 Å². The molecule has 0 amide bonds. The second-order valence-electron chi connectivity index (χ2n) is 4.59. The molecule has 2 aromatic rings. The first-order valence-corrected chi connectivity index (χ1v) is 7.42. The Kier molecular flexibility index (Phi) is 4.90. The fraction of sp³-hybridized carbons (Fsp3) is 0.333. The van der Waals surface area contributed by atoms with Gasteiger partial charge in [-0.05, 0) is 36.1 Å². The smallest absolute Gasteiger partial charge is 0.392 e. The largest absolute Gasteiger partial charge is 0.416 e. The van der Waals surface area contributed by atoms with E-state index in [1.807, 2.05) is 29.3 Å². The van der Waals surface area contributed by atoms with Crippen LogP contribution in [0.1, 0.15) is 22.9 Å².